The third-order valence-corrected chi connectivity index (χ3v) is 4.75. The van der Waals surface area contributed by atoms with E-state index >= 15 is 0 Å². The molecule has 0 aliphatic heterocycles. The third kappa shape index (κ3) is 6.49. The topological polar surface area (TPSA) is 108 Å². The molecule has 2 rings (SSSR count). The second-order valence-electron chi connectivity index (χ2n) is 6.50. The van der Waals surface area contributed by atoms with Crippen LogP contribution in [0.25, 0.3) is 0 Å². The number of ketones is 1. The molecule has 11 heteroatoms. The van der Waals surface area contributed by atoms with Crippen LogP contribution in [0.15, 0.2) is 34.5 Å². The van der Waals surface area contributed by atoms with Crippen LogP contribution in [-0.4, -0.2) is 45.2 Å². The largest absolute Gasteiger partial charge is 0.493 e. The predicted octanol–water partition coefficient (Wildman–Crippen LogP) is 5.49. The molecular weight excluding hydrogens is 473 g/mol. The highest BCUT2D eigenvalue weighted by atomic mass is 35.5. The number of carbonyl (C=O) groups excluding carboxylic acids is 2. The zero-order valence-corrected chi connectivity index (χ0v) is 20.4. The number of methoxy groups -OCH3 is 2. The van der Waals surface area contributed by atoms with Gasteiger partial charge in [0.15, 0.2) is 28.8 Å². The number of nitrogens with one attached hydrogen (secondary N) is 1. The van der Waals surface area contributed by atoms with Crippen molar-refractivity contribution in [3.8, 4) is 23.0 Å². The Hall–Kier alpha value is -3.04. The lowest BCUT2D eigenvalue weighted by Crippen LogP contribution is -2.32. The van der Waals surface area contributed by atoms with Gasteiger partial charge in [-0.05, 0) is 39.0 Å². The summed E-state index contributed by atoms with van der Waals surface area (Å²) in [4.78, 5) is 25.1. The van der Waals surface area contributed by atoms with Crippen molar-refractivity contribution in [2.75, 3.05) is 32.8 Å². The number of hydrogen-bond donors (Lipinski definition) is 1. The molecular formula is C22H25Cl2N3O6. The third-order valence-electron chi connectivity index (χ3n) is 4.24. The summed E-state index contributed by atoms with van der Waals surface area (Å²) in [5, 5.41) is 11.2. The molecule has 0 saturated carbocycles. The van der Waals surface area contributed by atoms with Crippen LogP contribution in [0, 0.1) is 0 Å². The minimum atomic E-state index is -1.44. The van der Waals surface area contributed by atoms with Crippen LogP contribution in [0.4, 0.5) is 11.4 Å². The Kier molecular flexibility index (Phi) is 9.74. The molecule has 2 aromatic carbocycles. The quantitative estimate of drug-likeness (QED) is 0.324. The number of benzene rings is 2. The van der Waals surface area contributed by atoms with Gasteiger partial charge in [-0.25, -0.2) is 0 Å². The molecule has 33 heavy (non-hydrogen) atoms. The van der Waals surface area contributed by atoms with Crippen molar-refractivity contribution >= 4 is 46.3 Å². The maximum Gasteiger partial charge on any atom is 0.258 e. The van der Waals surface area contributed by atoms with Crippen molar-refractivity contribution in [2.45, 2.75) is 26.8 Å². The van der Waals surface area contributed by atoms with Crippen LogP contribution in [0.5, 0.6) is 23.0 Å². The van der Waals surface area contributed by atoms with Gasteiger partial charge in [-0.2, -0.15) is 10.2 Å². The van der Waals surface area contributed by atoms with Gasteiger partial charge >= 0.3 is 0 Å². The van der Waals surface area contributed by atoms with Crippen molar-refractivity contribution in [2.24, 2.45) is 10.2 Å². The van der Waals surface area contributed by atoms with Crippen molar-refractivity contribution in [1.82, 2.24) is 0 Å². The molecule has 0 aliphatic rings. The zero-order valence-electron chi connectivity index (χ0n) is 18.9. The molecule has 1 atom stereocenters. The summed E-state index contributed by atoms with van der Waals surface area (Å²) in [6, 6.07) is 4.67. The molecule has 178 valence electrons. The van der Waals surface area contributed by atoms with E-state index in [-0.39, 0.29) is 28.6 Å². The van der Waals surface area contributed by atoms with Crippen LogP contribution in [0.1, 0.15) is 20.8 Å². The van der Waals surface area contributed by atoms with Crippen molar-refractivity contribution in [1.29, 1.82) is 0 Å². The van der Waals surface area contributed by atoms with Crippen LogP contribution in [-0.2, 0) is 9.59 Å². The van der Waals surface area contributed by atoms with Crippen molar-refractivity contribution in [3.63, 3.8) is 0 Å². The lowest BCUT2D eigenvalue weighted by molar-refractivity contribution is -0.126. The fourth-order valence-electron chi connectivity index (χ4n) is 2.83. The summed E-state index contributed by atoms with van der Waals surface area (Å²) in [5.41, 5.74) is 0.471. The molecule has 0 fully saturated rings. The lowest BCUT2D eigenvalue weighted by Gasteiger charge is -2.18. The van der Waals surface area contributed by atoms with Gasteiger partial charge in [0.25, 0.3) is 5.91 Å². The van der Waals surface area contributed by atoms with Crippen LogP contribution < -0.4 is 24.3 Å². The van der Waals surface area contributed by atoms with Crippen LogP contribution in [0.2, 0.25) is 10.0 Å². The van der Waals surface area contributed by atoms with E-state index in [9.17, 15) is 9.59 Å². The van der Waals surface area contributed by atoms with Crippen LogP contribution in [0.3, 0.4) is 0 Å². The predicted molar refractivity (Wildman–Crippen MR) is 126 cm³/mol. The summed E-state index contributed by atoms with van der Waals surface area (Å²) in [6.45, 7) is 5.45. The fourth-order valence-corrected chi connectivity index (χ4v) is 3.23. The Morgan fingerprint density at radius 1 is 1.00 bits per heavy atom. The minimum absolute atomic E-state index is 0.195. The average Bonchev–Trinajstić information content (AvgIpc) is 2.77. The van der Waals surface area contributed by atoms with Gasteiger partial charge in [0.1, 0.15) is 5.69 Å². The van der Waals surface area contributed by atoms with Crippen LogP contribution >= 0.6 is 23.2 Å². The Labute approximate surface area is 202 Å². The number of ether oxygens (including phenoxy) is 4. The second kappa shape index (κ2) is 12.3. The van der Waals surface area contributed by atoms with Gasteiger partial charge in [-0.1, -0.05) is 23.2 Å². The molecule has 0 aromatic heterocycles. The van der Waals surface area contributed by atoms with E-state index in [4.69, 9.17) is 42.1 Å². The molecule has 1 amide bonds. The molecule has 1 N–H and O–H groups in total. The maximum atomic E-state index is 12.9. The summed E-state index contributed by atoms with van der Waals surface area (Å²) >= 11 is 12.3. The number of halogens is 2. The van der Waals surface area contributed by atoms with E-state index in [1.165, 1.54) is 27.2 Å². The van der Waals surface area contributed by atoms with Gasteiger partial charge in [0, 0.05) is 11.1 Å². The highest BCUT2D eigenvalue weighted by Crippen LogP contribution is 2.42. The molecule has 9 nitrogen and oxygen atoms in total. The number of Topliss-reactive ketones (excluding diaryl/α,β-unsaturated/α-hetero) is 1. The molecule has 0 heterocycles. The number of hydrogen-bond acceptors (Lipinski definition) is 8. The first-order valence-corrected chi connectivity index (χ1v) is 10.7. The molecule has 1 unspecified atom stereocenters. The Morgan fingerprint density at radius 2 is 1.67 bits per heavy atom. The van der Waals surface area contributed by atoms with Crippen molar-refractivity contribution in [3.05, 3.63) is 34.3 Å². The average molecular weight is 498 g/mol. The maximum absolute atomic E-state index is 12.9. The smallest absolute Gasteiger partial charge is 0.258 e. The van der Waals surface area contributed by atoms with E-state index in [0.29, 0.717) is 29.0 Å². The molecule has 0 spiro atoms. The van der Waals surface area contributed by atoms with Gasteiger partial charge < -0.3 is 24.3 Å². The Morgan fingerprint density at radius 3 is 2.24 bits per heavy atom. The summed E-state index contributed by atoms with van der Waals surface area (Å²) < 4.78 is 21.7. The zero-order chi connectivity index (χ0) is 24.5. The molecule has 2 aromatic rings. The minimum Gasteiger partial charge on any atom is -0.493 e. The van der Waals surface area contributed by atoms with Gasteiger partial charge in [-0.3, -0.25) is 9.59 Å². The fraction of sp³-hybridized carbons (Fsp3) is 0.364. The van der Waals surface area contributed by atoms with Gasteiger partial charge in [0.2, 0.25) is 6.04 Å². The van der Waals surface area contributed by atoms with E-state index in [1.54, 1.807) is 32.0 Å². The second-order valence-corrected chi connectivity index (χ2v) is 7.34. The molecule has 0 saturated heterocycles. The Balaban J connectivity index is 2.39. The first-order valence-electron chi connectivity index (χ1n) is 9.99. The molecule has 0 radical (unpaired) electrons. The first kappa shape index (κ1) is 26.2. The highest BCUT2D eigenvalue weighted by molar-refractivity contribution is 6.32. The van der Waals surface area contributed by atoms with E-state index < -0.39 is 17.7 Å². The van der Waals surface area contributed by atoms with Crippen molar-refractivity contribution < 1.29 is 28.5 Å². The Bertz CT molecular complexity index is 1050. The monoisotopic (exact) mass is 497 g/mol. The number of azo groups is 1. The normalized spacial score (nSPS) is 11.7. The van der Waals surface area contributed by atoms with E-state index in [0.717, 1.165) is 0 Å². The summed E-state index contributed by atoms with van der Waals surface area (Å²) in [6.07, 6.45) is 0. The van der Waals surface area contributed by atoms with Gasteiger partial charge in [-0.15, -0.1) is 0 Å². The summed E-state index contributed by atoms with van der Waals surface area (Å²) in [7, 11) is 2.87. The molecule has 0 aliphatic carbocycles. The molecule has 0 bridgehead atoms. The standard InChI is InChI=1S/C22H25Cl2N3O6/c1-6-32-19-14(24)8-9-15(21(19)33-7-2)25-22(29)18(12(3)28)27-26-16-10-13(23)11-17(30-4)20(16)31-5/h8-11,18H,6-7H2,1-5H3,(H,25,29). The van der Waals surface area contributed by atoms with E-state index in [2.05, 4.69) is 15.5 Å². The number of anilines is 1. The number of amides is 1. The van der Waals surface area contributed by atoms with E-state index in [1.807, 2.05) is 0 Å². The lowest BCUT2D eigenvalue weighted by atomic mass is 10.2. The SMILES string of the molecule is CCOc1c(Cl)ccc(NC(=O)C(N=Nc2cc(Cl)cc(OC)c2OC)C(C)=O)c1OCC. The van der Waals surface area contributed by atoms with Gasteiger partial charge in [0.05, 0.1) is 38.1 Å². The number of rotatable bonds is 11. The summed E-state index contributed by atoms with van der Waals surface area (Å²) in [5.74, 6) is -0.123. The highest BCUT2D eigenvalue weighted by Gasteiger charge is 2.26. The first-order chi connectivity index (χ1) is 15.8. The number of carbonyl (C=O) groups is 2. The number of nitrogens with zero attached hydrogens (tertiary/aromatic N) is 2.